The Labute approximate surface area is 254 Å². The van der Waals surface area contributed by atoms with Gasteiger partial charge in [-0.1, -0.05) is 38.0 Å². The van der Waals surface area contributed by atoms with Gasteiger partial charge in [-0.2, -0.15) is 0 Å². The van der Waals surface area contributed by atoms with Crippen LogP contribution >= 0.6 is 0 Å². The molecule has 2 N–H and O–H groups in total. The predicted molar refractivity (Wildman–Crippen MR) is 172 cm³/mol. The summed E-state index contributed by atoms with van der Waals surface area (Å²) in [4.78, 5) is 37.9. The summed E-state index contributed by atoms with van der Waals surface area (Å²) in [6.07, 6.45) is 7.80. The van der Waals surface area contributed by atoms with Crippen molar-refractivity contribution in [1.29, 1.82) is 0 Å². The number of hydrogen-bond acceptors (Lipinski definition) is 8. The summed E-state index contributed by atoms with van der Waals surface area (Å²) < 4.78 is 6.44. The summed E-state index contributed by atoms with van der Waals surface area (Å²) in [6, 6.07) is 8.44. The number of hydrogen-bond donors (Lipinski definition) is 2. The molecule has 8 nitrogen and oxygen atoms in total. The summed E-state index contributed by atoms with van der Waals surface area (Å²) in [7, 11) is 0. The highest BCUT2D eigenvalue weighted by molar-refractivity contribution is 6.00. The summed E-state index contributed by atoms with van der Waals surface area (Å²) in [6.45, 7) is 14.7. The molecule has 1 atom stereocenters. The molecule has 0 radical (unpaired) electrons. The number of fused-ring (bicyclic) bond motifs is 2. The summed E-state index contributed by atoms with van der Waals surface area (Å²) in [5.41, 5.74) is 5.47. The molecule has 0 bridgehead atoms. The maximum absolute atomic E-state index is 13.2. The average molecular weight is 582 g/mol. The van der Waals surface area contributed by atoms with Crippen molar-refractivity contribution in [3.8, 4) is 5.75 Å². The minimum absolute atomic E-state index is 0.225. The van der Waals surface area contributed by atoms with Crippen LogP contribution in [0.1, 0.15) is 78.9 Å². The number of ether oxygens (including phenoxy) is 1. The summed E-state index contributed by atoms with van der Waals surface area (Å²) >= 11 is 0. The van der Waals surface area contributed by atoms with Crippen molar-refractivity contribution >= 4 is 28.3 Å². The zero-order valence-corrected chi connectivity index (χ0v) is 25.7. The fourth-order valence-corrected chi connectivity index (χ4v) is 6.86. The fraction of sp³-hybridized carbons (Fsp3) is 0.486. The molecule has 0 spiro atoms. The van der Waals surface area contributed by atoms with Gasteiger partial charge in [0.2, 0.25) is 5.95 Å². The van der Waals surface area contributed by atoms with Crippen molar-refractivity contribution in [3.63, 3.8) is 0 Å². The van der Waals surface area contributed by atoms with Gasteiger partial charge < -0.3 is 15.4 Å². The first-order chi connectivity index (χ1) is 20.8. The number of nitrogens with one attached hydrogen (secondary N) is 2. The molecule has 0 unspecified atom stereocenters. The van der Waals surface area contributed by atoms with Crippen LogP contribution in [0.5, 0.6) is 5.75 Å². The highest BCUT2D eigenvalue weighted by atomic mass is 16.5. The van der Waals surface area contributed by atoms with Gasteiger partial charge >= 0.3 is 0 Å². The number of Topliss-reactive ketones (excluding diaryl/α,β-unsaturated/α-hetero) is 1. The lowest BCUT2D eigenvalue weighted by Crippen LogP contribution is -2.58. The maximum Gasteiger partial charge on any atom is 0.227 e. The van der Waals surface area contributed by atoms with Gasteiger partial charge in [0, 0.05) is 61.5 Å². The SMILES string of the molecule is C=C1CCN(C2CNC2)C[C@H](C)COc2cc(Nc3ncc4c(C)c(C(C)=O)c(=O)cc(C5CCCC5)c4n3)ccc2C1. The standard InChI is InChI=1S/C35H43N5O3/c1-21-11-12-40(28-16-36-17-28)19-22(2)20-43-32-14-27(10-9-26(32)13-21)38-35-37-18-30-23(3)33(24(4)41)31(42)15-29(34(30)39-35)25-7-5-6-8-25/h9-10,14-15,18,22,25,28,36H,1,5-8,11-13,16-17,19-20H2,2-4H3,(H,37,38,39)/t22-/m0/s1. The van der Waals surface area contributed by atoms with Gasteiger partial charge in [0.05, 0.1) is 17.7 Å². The number of anilines is 2. The first-order valence-electron chi connectivity index (χ1n) is 15.8. The van der Waals surface area contributed by atoms with Gasteiger partial charge in [0.1, 0.15) is 5.75 Å². The van der Waals surface area contributed by atoms with Gasteiger partial charge in [-0.3, -0.25) is 14.5 Å². The fourth-order valence-electron chi connectivity index (χ4n) is 6.86. The van der Waals surface area contributed by atoms with Crippen LogP contribution < -0.4 is 20.8 Å². The smallest absolute Gasteiger partial charge is 0.227 e. The molecule has 1 saturated heterocycles. The quantitative estimate of drug-likeness (QED) is 0.293. The molecule has 43 heavy (non-hydrogen) atoms. The lowest BCUT2D eigenvalue weighted by molar-refractivity contribution is 0.101. The van der Waals surface area contributed by atoms with Crippen LogP contribution in [0.2, 0.25) is 0 Å². The molecule has 1 aliphatic carbocycles. The third-order valence-electron chi connectivity index (χ3n) is 9.38. The van der Waals surface area contributed by atoms with E-state index in [-0.39, 0.29) is 22.7 Å². The van der Waals surface area contributed by atoms with Crippen LogP contribution in [0, 0.1) is 12.8 Å². The molecule has 3 aliphatic rings. The van der Waals surface area contributed by atoms with Crippen LogP contribution in [-0.2, 0) is 6.42 Å². The van der Waals surface area contributed by atoms with E-state index in [4.69, 9.17) is 9.72 Å². The Bertz CT molecular complexity index is 1610. The lowest BCUT2D eigenvalue weighted by atomic mass is 9.97. The van der Waals surface area contributed by atoms with E-state index in [1.54, 1.807) is 12.3 Å². The van der Waals surface area contributed by atoms with Crippen LogP contribution in [0.15, 0.2) is 47.4 Å². The van der Waals surface area contributed by atoms with Crippen molar-refractivity contribution in [2.45, 2.75) is 71.3 Å². The van der Waals surface area contributed by atoms with Crippen LogP contribution in [0.25, 0.3) is 10.9 Å². The maximum atomic E-state index is 13.2. The zero-order valence-electron chi connectivity index (χ0n) is 25.7. The number of carbonyl (C=O) groups is 1. The molecular formula is C35H43N5O3. The summed E-state index contributed by atoms with van der Waals surface area (Å²) in [5.74, 6) is 1.72. The topological polar surface area (TPSA) is 96.5 Å². The number of nitrogens with zero attached hydrogens (tertiary/aromatic N) is 3. The second kappa shape index (κ2) is 12.5. The monoisotopic (exact) mass is 581 g/mol. The van der Waals surface area contributed by atoms with E-state index in [1.165, 1.54) is 12.5 Å². The van der Waals surface area contributed by atoms with Crippen molar-refractivity contribution in [2.24, 2.45) is 5.92 Å². The average Bonchev–Trinajstić information content (AvgIpc) is 3.44. The Morgan fingerprint density at radius 2 is 1.98 bits per heavy atom. The first kappa shape index (κ1) is 29.5. The Hall–Kier alpha value is -3.62. The zero-order chi connectivity index (χ0) is 30.1. The third-order valence-corrected chi connectivity index (χ3v) is 9.38. The van der Waals surface area contributed by atoms with Crippen molar-refractivity contribution in [3.05, 3.63) is 75.1 Å². The van der Waals surface area contributed by atoms with E-state index >= 15 is 0 Å². The molecule has 8 heteroatoms. The molecular weight excluding hydrogens is 538 g/mol. The van der Waals surface area contributed by atoms with Crippen LogP contribution in [0.4, 0.5) is 11.6 Å². The molecule has 1 aromatic heterocycles. The van der Waals surface area contributed by atoms with E-state index in [9.17, 15) is 9.59 Å². The van der Waals surface area contributed by atoms with Gasteiger partial charge in [-0.05, 0) is 74.3 Å². The largest absolute Gasteiger partial charge is 0.493 e. The van der Waals surface area contributed by atoms with Crippen LogP contribution in [0.3, 0.4) is 0 Å². The molecule has 226 valence electrons. The number of aromatic nitrogens is 2. The Morgan fingerprint density at radius 3 is 2.70 bits per heavy atom. The Morgan fingerprint density at radius 1 is 1.19 bits per heavy atom. The molecule has 2 aromatic carbocycles. The van der Waals surface area contributed by atoms with E-state index in [1.807, 2.05) is 19.1 Å². The van der Waals surface area contributed by atoms with Gasteiger partial charge in [-0.15, -0.1) is 0 Å². The Kier molecular flexibility index (Phi) is 8.59. The van der Waals surface area contributed by atoms with Crippen molar-refractivity contribution < 1.29 is 9.53 Å². The number of aryl methyl sites for hydroxylation is 1. The van der Waals surface area contributed by atoms with Gasteiger partial charge in [-0.25, -0.2) is 9.97 Å². The molecule has 0 amide bonds. The predicted octanol–water partition coefficient (Wildman–Crippen LogP) is 5.69. The molecule has 3 heterocycles. The molecule has 1 saturated carbocycles. The number of rotatable bonds is 5. The number of ketones is 1. The van der Waals surface area contributed by atoms with Crippen molar-refractivity contribution in [1.82, 2.24) is 20.2 Å². The van der Waals surface area contributed by atoms with E-state index in [0.29, 0.717) is 30.1 Å². The van der Waals surface area contributed by atoms with E-state index < -0.39 is 0 Å². The minimum atomic E-state index is -0.232. The Balaban J connectivity index is 1.32. The number of benzene rings is 1. The number of carbonyl (C=O) groups excluding carboxylic acids is 1. The van der Waals surface area contributed by atoms with Gasteiger partial charge in [0.25, 0.3) is 0 Å². The summed E-state index contributed by atoms with van der Waals surface area (Å²) in [5, 5.41) is 7.55. The van der Waals surface area contributed by atoms with E-state index in [0.717, 1.165) is 98.2 Å². The highest BCUT2D eigenvalue weighted by Gasteiger charge is 2.27. The second-order valence-electron chi connectivity index (χ2n) is 12.8. The molecule has 3 aromatic rings. The molecule has 6 rings (SSSR count). The highest BCUT2D eigenvalue weighted by Crippen LogP contribution is 2.37. The third kappa shape index (κ3) is 6.36. The van der Waals surface area contributed by atoms with Crippen molar-refractivity contribution in [2.75, 3.05) is 38.1 Å². The normalized spacial score (nSPS) is 20.6. The van der Waals surface area contributed by atoms with Crippen LogP contribution in [-0.4, -0.2) is 59.5 Å². The second-order valence-corrected chi connectivity index (χ2v) is 12.8. The minimum Gasteiger partial charge on any atom is -0.493 e. The molecule has 2 fully saturated rings. The van der Waals surface area contributed by atoms with Gasteiger partial charge in [0.15, 0.2) is 11.2 Å². The first-order valence-corrected chi connectivity index (χ1v) is 15.8. The molecule has 2 aliphatic heterocycles. The van der Waals surface area contributed by atoms with E-state index in [2.05, 4.69) is 40.1 Å². The lowest BCUT2D eigenvalue weighted by Gasteiger charge is -2.39.